The van der Waals surface area contributed by atoms with E-state index < -0.39 is 10.0 Å². The Bertz CT molecular complexity index is 927. The van der Waals surface area contributed by atoms with Gasteiger partial charge in [0.05, 0.1) is 18.0 Å². The number of sulfonamides is 1. The van der Waals surface area contributed by atoms with Gasteiger partial charge in [0.1, 0.15) is 0 Å². The van der Waals surface area contributed by atoms with Crippen molar-refractivity contribution in [1.29, 1.82) is 0 Å². The van der Waals surface area contributed by atoms with Gasteiger partial charge in [0, 0.05) is 12.7 Å². The molecule has 2 N–H and O–H groups in total. The van der Waals surface area contributed by atoms with E-state index in [2.05, 4.69) is 49.6 Å². The average Bonchev–Trinajstić information content (AvgIpc) is 2.59. The molecule has 7 heteroatoms. The average molecular weight is 406 g/mol. The summed E-state index contributed by atoms with van der Waals surface area (Å²) >= 11 is 5.48. The summed E-state index contributed by atoms with van der Waals surface area (Å²) in [6, 6.07) is 13.7. The highest BCUT2D eigenvalue weighted by Crippen LogP contribution is 2.23. The summed E-state index contributed by atoms with van der Waals surface area (Å²) in [6.45, 7) is 6.30. The highest BCUT2D eigenvalue weighted by molar-refractivity contribution is 7.92. The molecule has 27 heavy (non-hydrogen) atoms. The summed E-state index contributed by atoms with van der Waals surface area (Å²) in [5.41, 5.74) is 4.99. The minimum atomic E-state index is -3.31. The summed E-state index contributed by atoms with van der Waals surface area (Å²) in [7, 11) is -1.79. The molecule has 0 saturated carbocycles. The number of aryl methyl sites for hydroxylation is 2. The van der Waals surface area contributed by atoms with E-state index in [9.17, 15) is 8.42 Å². The first-order valence-corrected chi connectivity index (χ1v) is 11.1. The van der Waals surface area contributed by atoms with Gasteiger partial charge < -0.3 is 10.6 Å². The highest BCUT2D eigenvalue weighted by atomic mass is 32.2. The third-order valence-corrected chi connectivity index (χ3v) is 5.91. The maximum atomic E-state index is 11.7. The van der Waals surface area contributed by atoms with Crippen LogP contribution in [0.4, 0.5) is 11.4 Å². The summed E-state index contributed by atoms with van der Waals surface area (Å²) in [4.78, 5) is 0. The van der Waals surface area contributed by atoms with E-state index in [0.29, 0.717) is 10.8 Å². The molecule has 0 fully saturated rings. The van der Waals surface area contributed by atoms with Gasteiger partial charge in [-0.15, -0.1) is 0 Å². The molecule has 2 aromatic rings. The van der Waals surface area contributed by atoms with Crippen molar-refractivity contribution in [1.82, 2.24) is 5.32 Å². The monoisotopic (exact) mass is 405 g/mol. The highest BCUT2D eigenvalue weighted by Gasteiger charge is 2.15. The van der Waals surface area contributed by atoms with Gasteiger partial charge in [-0.25, -0.2) is 8.42 Å². The number of hydrogen-bond acceptors (Lipinski definition) is 3. The minimum absolute atomic E-state index is 0.104. The van der Waals surface area contributed by atoms with E-state index in [1.54, 1.807) is 18.2 Å². The van der Waals surface area contributed by atoms with Gasteiger partial charge in [0.2, 0.25) is 10.0 Å². The second kappa shape index (κ2) is 8.71. The van der Waals surface area contributed by atoms with Crippen molar-refractivity contribution in [3.05, 3.63) is 59.2 Å². The van der Waals surface area contributed by atoms with Gasteiger partial charge in [-0.2, -0.15) is 0 Å². The molecule has 2 rings (SSSR count). The summed E-state index contributed by atoms with van der Waals surface area (Å²) < 4.78 is 24.7. The van der Waals surface area contributed by atoms with E-state index in [4.69, 9.17) is 12.2 Å². The van der Waals surface area contributed by atoms with E-state index >= 15 is 0 Å². The molecule has 0 aromatic heterocycles. The Morgan fingerprint density at radius 3 is 2.48 bits per heavy atom. The normalized spacial score (nSPS) is 12.3. The van der Waals surface area contributed by atoms with E-state index in [-0.39, 0.29) is 6.04 Å². The van der Waals surface area contributed by atoms with Gasteiger partial charge in [-0.3, -0.25) is 4.31 Å². The van der Waals surface area contributed by atoms with Crippen LogP contribution in [0.1, 0.15) is 36.1 Å². The topological polar surface area (TPSA) is 61.4 Å². The molecule has 0 unspecified atom stereocenters. The van der Waals surface area contributed by atoms with Crippen molar-refractivity contribution in [2.75, 3.05) is 22.9 Å². The summed E-state index contributed by atoms with van der Waals surface area (Å²) in [5.74, 6) is 0. The molecule has 0 aliphatic carbocycles. The van der Waals surface area contributed by atoms with Crippen LogP contribution in [0, 0.1) is 13.8 Å². The largest absolute Gasteiger partial charge is 0.356 e. The maximum absolute atomic E-state index is 11.7. The fourth-order valence-corrected chi connectivity index (χ4v) is 3.67. The summed E-state index contributed by atoms with van der Waals surface area (Å²) in [6.07, 6.45) is 2.07. The SMILES string of the molecule is CC[C@H](NC(=S)Nc1cccc(N(C)S(C)(=O)=O)c1)c1ccc(C)cc1C. The zero-order chi connectivity index (χ0) is 20.2. The lowest BCUT2D eigenvalue weighted by atomic mass is 9.98. The van der Waals surface area contributed by atoms with Crippen LogP contribution < -0.4 is 14.9 Å². The van der Waals surface area contributed by atoms with Gasteiger partial charge in [-0.1, -0.05) is 36.8 Å². The zero-order valence-electron chi connectivity index (χ0n) is 16.4. The molecular formula is C20H27N3O2S2. The molecule has 146 valence electrons. The first-order valence-electron chi connectivity index (χ1n) is 8.80. The number of rotatable bonds is 6. The second-order valence-corrected chi connectivity index (χ2v) is 9.12. The van der Waals surface area contributed by atoms with Crippen molar-refractivity contribution in [2.45, 2.75) is 33.2 Å². The molecule has 5 nitrogen and oxygen atoms in total. The maximum Gasteiger partial charge on any atom is 0.231 e. The number of thiocarbonyl (C=S) groups is 1. The number of benzene rings is 2. The number of nitrogens with zero attached hydrogens (tertiary/aromatic N) is 1. The molecule has 0 bridgehead atoms. The molecule has 0 amide bonds. The fourth-order valence-electron chi connectivity index (χ4n) is 2.91. The molecule has 1 atom stereocenters. The predicted octanol–water partition coefficient (Wildman–Crippen LogP) is 4.14. The Hall–Kier alpha value is -2.12. The smallest absolute Gasteiger partial charge is 0.231 e. The van der Waals surface area contributed by atoms with Crippen molar-refractivity contribution in [2.24, 2.45) is 0 Å². The van der Waals surface area contributed by atoms with Gasteiger partial charge in [-0.05, 0) is 61.8 Å². The molecule has 0 heterocycles. The Labute approximate surface area is 167 Å². The molecule has 0 spiro atoms. The third-order valence-electron chi connectivity index (χ3n) is 4.48. The number of anilines is 2. The standard InChI is InChI=1S/C20H27N3O2S2/c1-6-19(18-11-10-14(2)12-15(18)3)22-20(26)21-16-8-7-9-17(13-16)23(4)27(5,24)25/h7-13,19H,6H2,1-5H3,(H2,21,22,26)/t19-/m0/s1. The molecule has 0 aliphatic heterocycles. The van der Waals surface area contributed by atoms with Crippen molar-refractivity contribution in [3.63, 3.8) is 0 Å². The number of hydrogen-bond donors (Lipinski definition) is 2. The van der Waals surface area contributed by atoms with Crippen molar-refractivity contribution >= 4 is 38.7 Å². The van der Waals surface area contributed by atoms with Crippen LogP contribution in [0.15, 0.2) is 42.5 Å². The molecule has 0 radical (unpaired) electrons. The van der Waals surface area contributed by atoms with Crippen molar-refractivity contribution < 1.29 is 8.42 Å². The molecule has 0 saturated heterocycles. The first-order chi connectivity index (χ1) is 12.6. The predicted molar refractivity (Wildman–Crippen MR) is 118 cm³/mol. The van der Waals surface area contributed by atoms with Crippen molar-refractivity contribution in [3.8, 4) is 0 Å². The molecule has 0 aliphatic rings. The van der Waals surface area contributed by atoms with E-state index in [1.165, 1.54) is 34.3 Å². The van der Waals surface area contributed by atoms with Crippen LogP contribution >= 0.6 is 12.2 Å². The van der Waals surface area contributed by atoms with Gasteiger partial charge >= 0.3 is 0 Å². The fraction of sp³-hybridized carbons (Fsp3) is 0.350. The lowest BCUT2D eigenvalue weighted by molar-refractivity contribution is 0.600. The molecule has 2 aromatic carbocycles. The van der Waals surface area contributed by atoms with Gasteiger partial charge in [0.15, 0.2) is 5.11 Å². The molecular weight excluding hydrogens is 378 g/mol. The second-order valence-electron chi connectivity index (χ2n) is 6.70. The van der Waals surface area contributed by atoms with E-state index in [0.717, 1.165) is 12.1 Å². The van der Waals surface area contributed by atoms with Crippen LogP contribution in [0.2, 0.25) is 0 Å². The number of nitrogens with one attached hydrogen (secondary N) is 2. The Balaban J connectivity index is 2.12. The Kier molecular flexibility index (Phi) is 6.84. The third kappa shape index (κ3) is 5.68. The van der Waals surface area contributed by atoms with E-state index in [1.807, 2.05) is 6.07 Å². The van der Waals surface area contributed by atoms with Crippen LogP contribution in [-0.2, 0) is 10.0 Å². The van der Waals surface area contributed by atoms with Crippen LogP contribution in [0.5, 0.6) is 0 Å². The Morgan fingerprint density at radius 1 is 1.19 bits per heavy atom. The summed E-state index contributed by atoms with van der Waals surface area (Å²) in [5, 5.41) is 7.01. The zero-order valence-corrected chi connectivity index (χ0v) is 18.0. The Morgan fingerprint density at radius 2 is 1.89 bits per heavy atom. The minimum Gasteiger partial charge on any atom is -0.356 e. The van der Waals surface area contributed by atoms with Crippen LogP contribution in [0.3, 0.4) is 0 Å². The lowest BCUT2D eigenvalue weighted by Crippen LogP contribution is -2.32. The van der Waals surface area contributed by atoms with Crippen LogP contribution in [0.25, 0.3) is 0 Å². The first kappa shape index (κ1) is 21.2. The van der Waals surface area contributed by atoms with Crippen LogP contribution in [-0.4, -0.2) is 26.8 Å². The quantitative estimate of drug-likeness (QED) is 0.708. The van der Waals surface area contributed by atoms with Gasteiger partial charge in [0.25, 0.3) is 0 Å². The lowest BCUT2D eigenvalue weighted by Gasteiger charge is -2.22.